The van der Waals surface area contributed by atoms with Crippen LogP contribution >= 0.6 is 0 Å². The highest BCUT2D eigenvalue weighted by Gasteiger charge is 2.30. The highest BCUT2D eigenvalue weighted by atomic mass is 19.2. The summed E-state index contributed by atoms with van der Waals surface area (Å²) >= 11 is 0. The predicted molar refractivity (Wildman–Crippen MR) is 97.2 cm³/mol. The van der Waals surface area contributed by atoms with Gasteiger partial charge < -0.3 is 14.4 Å². The summed E-state index contributed by atoms with van der Waals surface area (Å²) in [6, 6.07) is 8.98. The predicted octanol–water partition coefficient (Wildman–Crippen LogP) is 3.63. The zero-order valence-corrected chi connectivity index (χ0v) is 15.6. The van der Waals surface area contributed by atoms with Crippen molar-refractivity contribution in [1.82, 2.24) is 4.90 Å². The molecule has 9 heteroatoms. The molecular weight excluding hydrogens is 392 g/mol. The summed E-state index contributed by atoms with van der Waals surface area (Å²) in [7, 11) is 0.847. The number of rotatable bonds is 4. The first-order chi connectivity index (χ1) is 13.9. The molecule has 0 N–H and O–H groups in total. The van der Waals surface area contributed by atoms with E-state index in [0.717, 1.165) is 12.7 Å². The van der Waals surface area contributed by atoms with Crippen LogP contribution in [0.1, 0.15) is 15.9 Å². The van der Waals surface area contributed by atoms with E-state index in [2.05, 4.69) is 9.73 Å². The summed E-state index contributed by atoms with van der Waals surface area (Å²) in [5.41, 5.74) is -1.77. The first-order valence-electron chi connectivity index (χ1n) is 8.82. The lowest BCUT2D eigenvalue weighted by Crippen LogP contribution is -2.41. The van der Waals surface area contributed by atoms with Crippen LogP contribution in [0.5, 0.6) is 0 Å². The van der Waals surface area contributed by atoms with Crippen molar-refractivity contribution in [1.29, 1.82) is 0 Å². The Morgan fingerprint density at radius 1 is 1.03 bits per heavy atom. The molecule has 0 amide bonds. The zero-order chi connectivity index (χ0) is 21.0. The Labute approximate surface area is 164 Å². The second-order valence-corrected chi connectivity index (χ2v) is 6.26. The van der Waals surface area contributed by atoms with Crippen molar-refractivity contribution in [3.63, 3.8) is 0 Å². The second kappa shape index (κ2) is 9.04. The number of methoxy groups -OCH3 is 1. The largest absolute Gasteiger partial charge is 0.465 e. The van der Waals surface area contributed by atoms with Crippen molar-refractivity contribution < 1.29 is 31.8 Å². The first-order valence-corrected chi connectivity index (χ1v) is 8.82. The molecule has 1 aliphatic rings. The number of benzene rings is 2. The minimum absolute atomic E-state index is 0.182. The molecule has 29 heavy (non-hydrogen) atoms. The van der Waals surface area contributed by atoms with E-state index in [-0.39, 0.29) is 12.3 Å². The topological polar surface area (TPSA) is 51.1 Å². The Kier molecular flexibility index (Phi) is 6.48. The van der Waals surface area contributed by atoms with E-state index >= 15 is 0 Å². The number of morpholine rings is 1. The van der Waals surface area contributed by atoms with Crippen LogP contribution in [0.2, 0.25) is 0 Å². The van der Waals surface area contributed by atoms with E-state index in [9.17, 15) is 22.4 Å². The first kappa shape index (κ1) is 20.8. The van der Waals surface area contributed by atoms with Gasteiger partial charge in [-0.25, -0.2) is 27.3 Å². The highest BCUT2D eigenvalue weighted by Crippen LogP contribution is 2.31. The van der Waals surface area contributed by atoms with Crippen LogP contribution in [0.25, 0.3) is 0 Å². The van der Waals surface area contributed by atoms with Gasteiger partial charge in [-0.1, -0.05) is 30.3 Å². The summed E-state index contributed by atoms with van der Waals surface area (Å²) in [5, 5.41) is 0. The fourth-order valence-corrected chi connectivity index (χ4v) is 2.95. The molecule has 0 atom stereocenters. The lowest BCUT2D eigenvalue weighted by molar-refractivity contribution is 0.0587. The van der Waals surface area contributed by atoms with Crippen LogP contribution in [0, 0.1) is 23.3 Å². The van der Waals surface area contributed by atoms with Gasteiger partial charge in [0.15, 0.2) is 23.3 Å². The standard InChI is InChI=1S/C20H18F4N2O3/c1-28-20(27)14-15(21)17(23)19(18(24)16(14)22)25-13(26-7-9-29-10-8-26)11-12-5-3-2-4-6-12/h2-6H,7-11H2,1H3. The molecule has 0 aliphatic carbocycles. The fraction of sp³-hybridized carbons (Fsp3) is 0.300. The maximum Gasteiger partial charge on any atom is 0.344 e. The number of esters is 1. The maximum absolute atomic E-state index is 14.5. The molecule has 1 heterocycles. The number of hydrogen-bond donors (Lipinski definition) is 0. The van der Waals surface area contributed by atoms with Crippen LogP contribution in [0.15, 0.2) is 35.3 Å². The van der Waals surface area contributed by atoms with Crippen molar-refractivity contribution in [2.24, 2.45) is 4.99 Å². The van der Waals surface area contributed by atoms with Crippen LogP contribution in [0.4, 0.5) is 23.2 Å². The molecule has 1 saturated heterocycles. The van der Waals surface area contributed by atoms with Gasteiger partial charge in [0, 0.05) is 19.5 Å². The molecule has 5 nitrogen and oxygen atoms in total. The third kappa shape index (κ3) is 4.40. The minimum atomic E-state index is -1.85. The van der Waals surface area contributed by atoms with Gasteiger partial charge in [-0.3, -0.25) is 0 Å². The Bertz CT molecular complexity index is 900. The summed E-state index contributed by atoms with van der Waals surface area (Å²) in [4.78, 5) is 17.2. The molecule has 0 saturated carbocycles. The summed E-state index contributed by atoms with van der Waals surface area (Å²) in [6.45, 7) is 1.56. The number of halogens is 4. The molecule has 2 aromatic carbocycles. The molecule has 1 fully saturated rings. The monoisotopic (exact) mass is 410 g/mol. The van der Waals surface area contributed by atoms with Crippen LogP contribution < -0.4 is 0 Å². The number of carbonyl (C=O) groups excluding carboxylic acids is 1. The zero-order valence-electron chi connectivity index (χ0n) is 15.6. The molecule has 0 spiro atoms. The second-order valence-electron chi connectivity index (χ2n) is 6.26. The lowest BCUT2D eigenvalue weighted by Gasteiger charge is -2.30. The van der Waals surface area contributed by atoms with Gasteiger partial charge >= 0.3 is 5.97 Å². The van der Waals surface area contributed by atoms with Gasteiger partial charge in [-0.05, 0) is 5.56 Å². The number of ether oxygens (including phenoxy) is 2. The normalized spacial score (nSPS) is 14.8. The molecule has 0 aromatic heterocycles. The Morgan fingerprint density at radius 3 is 2.17 bits per heavy atom. The molecule has 1 aliphatic heterocycles. The van der Waals surface area contributed by atoms with Crippen molar-refractivity contribution in [2.45, 2.75) is 6.42 Å². The molecule has 0 radical (unpaired) electrons. The fourth-order valence-electron chi connectivity index (χ4n) is 2.95. The van der Waals surface area contributed by atoms with E-state index in [1.54, 1.807) is 29.2 Å². The minimum Gasteiger partial charge on any atom is -0.465 e. The Morgan fingerprint density at radius 2 is 1.62 bits per heavy atom. The molecule has 3 rings (SSSR count). The molecular formula is C20H18F4N2O3. The lowest BCUT2D eigenvalue weighted by atomic mass is 10.1. The van der Waals surface area contributed by atoms with E-state index in [0.29, 0.717) is 26.3 Å². The van der Waals surface area contributed by atoms with Crippen LogP contribution in [-0.2, 0) is 15.9 Å². The number of nitrogens with zero attached hydrogens (tertiary/aromatic N) is 2. The number of amidine groups is 1. The van der Waals surface area contributed by atoms with Gasteiger partial charge in [0.05, 0.1) is 20.3 Å². The quantitative estimate of drug-likeness (QED) is 0.254. The van der Waals surface area contributed by atoms with Gasteiger partial charge in [0.1, 0.15) is 17.1 Å². The highest BCUT2D eigenvalue weighted by molar-refractivity contribution is 5.91. The maximum atomic E-state index is 14.5. The molecule has 0 unspecified atom stereocenters. The summed E-state index contributed by atoms with van der Waals surface area (Å²) in [6.07, 6.45) is 0.182. The summed E-state index contributed by atoms with van der Waals surface area (Å²) < 4.78 is 67.1. The Hall–Kier alpha value is -2.94. The van der Waals surface area contributed by atoms with Crippen molar-refractivity contribution in [3.05, 3.63) is 64.7 Å². The van der Waals surface area contributed by atoms with E-state index < -0.39 is 40.5 Å². The van der Waals surface area contributed by atoms with E-state index in [1.165, 1.54) is 0 Å². The van der Waals surface area contributed by atoms with Gasteiger partial charge in [-0.15, -0.1) is 0 Å². The van der Waals surface area contributed by atoms with Gasteiger partial charge in [-0.2, -0.15) is 0 Å². The third-order valence-electron chi connectivity index (χ3n) is 4.45. The molecule has 2 aromatic rings. The Balaban J connectivity index is 2.10. The average Bonchev–Trinajstić information content (AvgIpc) is 2.75. The SMILES string of the molecule is COC(=O)c1c(F)c(F)c(N=C(Cc2ccccc2)N2CCOCC2)c(F)c1F. The van der Waals surface area contributed by atoms with E-state index in [4.69, 9.17) is 4.74 Å². The summed E-state index contributed by atoms with van der Waals surface area (Å²) in [5.74, 6) is -8.52. The van der Waals surface area contributed by atoms with Crippen molar-refractivity contribution in [2.75, 3.05) is 33.4 Å². The number of aliphatic imine (C=N–C) groups is 1. The van der Waals surface area contributed by atoms with Gasteiger partial charge in [0.2, 0.25) is 0 Å². The van der Waals surface area contributed by atoms with Crippen LogP contribution in [0.3, 0.4) is 0 Å². The molecule has 0 bridgehead atoms. The number of hydrogen-bond acceptors (Lipinski definition) is 4. The third-order valence-corrected chi connectivity index (χ3v) is 4.45. The van der Waals surface area contributed by atoms with Crippen molar-refractivity contribution >= 4 is 17.5 Å². The van der Waals surface area contributed by atoms with Gasteiger partial charge in [0.25, 0.3) is 0 Å². The molecule has 154 valence electrons. The number of carbonyl (C=O) groups is 1. The van der Waals surface area contributed by atoms with Crippen LogP contribution in [-0.4, -0.2) is 50.1 Å². The smallest absolute Gasteiger partial charge is 0.344 e. The van der Waals surface area contributed by atoms with Crippen molar-refractivity contribution in [3.8, 4) is 0 Å². The van der Waals surface area contributed by atoms with E-state index in [1.807, 2.05) is 6.07 Å². The average molecular weight is 410 g/mol.